The molecule has 0 fully saturated rings. The van der Waals surface area contributed by atoms with Gasteiger partial charge < -0.3 is 5.32 Å². The van der Waals surface area contributed by atoms with Gasteiger partial charge in [-0.05, 0) is 12.8 Å². The zero-order valence-corrected chi connectivity index (χ0v) is 16.7. The van der Waals surface area contributed by atoms with Crippen LogP contribution in [-0.2, 0) is 4.79 Å². The molecule has 0 saturated heterocycles. The summed E-state index contributed by atoms with van der Waals surface area (Å²) in [6.45, 7) is 9.19. The Morgan fingerprint density at radius 1 is 0.609 bits per heavy atom. The number of carbonyl (C=O) groups excluding carboxylic acids is 1. The SMILES string of the molecule is CC.CCCCCCCCCCCCCCCNC(=O)CCC. The fourth-order valence-corrected chi connectivity index (χ4v) is 2.69. The van der Waals surface area contributed by atoms with Gasteiger partial charge in [-0.3, -0.25) is 4.79 Å². The van der Waals surface area contributed by atoms with E-state index in [9.17, 15) is 4.79 Å². The monoisotopic (exact) mass is 327 g/mol. The fourth-order valence-electron chi connectivity index (χ4n) is 2.69. The second-order valence-electron chi connectivity index (χ2n) is 6.34. The molecule has 0 aromatic rings. The summed E-state index contributed by atoms with van der Waals surface area (Å²) in [5.74, 6) is 0.219. The molecule has 0 bridgehead atoms. The highest BCUT2D eigenvalue weighted by molar-refractivity contribution is 5.75. The van der Waals surface area contributed by atoms with Crippen molar-refractivity contribution in [3.05, 3.63) is 0 Å². The fraction of sp³-hybridized carbons (Fsp3) is 0.952. The van der Waals surface area contributed by atoms with E-state index in [1.165, 1.54) is 77.0 Å². The number of rotatable bonds is 16. The van der Waals surface area contributed by atoms with Gasteiger partial charge in [0.05, 0.1) is 0 Å². The van der Waals surface area contributed by atoms with Crippen molar-refractivity contribution in [1.82, 2.24) is 5.32 Å². The topological polar surface area (TPSA) is 29.1 Å². The lowest BCUT2D eigenvalue weighted by atomic mass is 10.0. The molecule has 0 aliphatic rings. The van der Waals surface area contributed by atoms with Gasteiger partial charge in [0, 0.05) is 13.0 Å². The van der Waals surface area contributed by atoms with Gasteiger partial charge in [-0.1, -0.05) is 105 Å². The smallest absolute Gasteiger partial charge is 0.219 e. The van der Waals surface area contributed by atoms with E-state index in [1.54, 1.807) is 0 Å². The van der Waals surface area contributed by atoms with Crippen LogP contribution in [0.4, 0.5) is 0 Å². The van der Waals surface area contributed by atoms with Gasteiger partial charge in [0.25, 0.3) is 0 Å². The number of nitrogens with one attached hydrogen (secondary N) is 1. The third kappa shape index (κ3) is 23.9. The van der Waals surface area contributed by atoms with Crippen molar-refractivity contribution in [2.24, 2.45) is 0 Å². The van der Waals surface area contributed by atoms with Crippen molar-refractivity contribution in [2.75, 3.05) is 6.54 Å². The molecule has 0 rings (SSSR count). The number of carbonyl (C=O) groups is 1. The molecule has 0 aliphatic heterocycles. The van der Waals surface area contributed by atoms with Crippen molar-refractivity contribution in [3.63, 3.8) is 0 Å². The van der Waals surface area contributed by atoms with Gasteiger partial charge >= 0.3 is 0 Å². The molecule has 140 valence electrons. The second kappa shape index (κ2) is 23.7. The molecule has 0 saturated carbocycles. The summed E-state index contributed by atoms with van der Waals surface area (Å²) in [5, 5.41) is 2.98. The van der Waals surface area contributed by atoms with Crippen molar-refractivity contribution >= 4 is 5.91 Å². The molecule has 2 heteroatoms. The average molecular weight is 328 g/mol. The molecule has 0 aromatic carbocycles. The molecule has 0 aliphatic carbocycles. The quantitative estimate of drug-likeness (QED) is 0.303. The lowest BCUT2D eigenvalue weighted by molar-refractivity contribution is -0.121. The van der Waals surface area contributed by atoms with Crippen LogP contribution in [0.3, 0.4) is 0 Å². The molecule has 0 aromatic heterocycles. The van der Waals surface area contributed by atoms with Crippen LogP contribution < -0.4 is 5.32 Å². The second-order valence-corrected chi connectivity index (χ2v) is 6.34. The van der Waals surface area contributed by atoms with Crippen LogP contribution in [-0.4, -0.2) is 12.5 Å². The van der Waals surface area contributed by atoms with Crippen LogP contribution in [0, 0.1) is 0 Å². The highest BCUT2D eigenvalue weighted by Crippen LogP contribution is 2.12. The predicted molar refractivity (Wildman–Crippen MR) is 105 cm³/mol. The van der Waals surface area contributed by atoms with E-state index < -0.39 is 0 Å². The van der Waals surface area contributed by atoms with E-state index in [0.29, 0.717) is 6.42 Å². The minimum Gasteiger partial charge on any atom is -0.356 e. The molecule has 2 nitrogen and oxygen atoms in total. The third-order valence-electron chi connectivity index (χ3n) is 4.08. The Labute approximate surface area is 147 Å². The Balaban J connectivity index is 0. The first-order valence-corrected chi connectivity index (χ1v) is 10.6. The molecule has 0 heterocycles. The van der Waals surface area contributed by atoms with Gasteiger partial charge in [-0.25, -0.2) is 0 Å². The van der Waals surface area contributed by atoms with Gasteiger partial charge in [-0.2, -0.15) is 0 Å². The maximum Gasteiger partial charge on any atom is 0.219 e. The first-order valence-electron chi connectivity index (χ1n) is 10.6. The van der Waals surface area contributed by atoms with Crippen molar-refractivity contribution < 1.29 is 4.79 Å². The van der Waals surface area contributed by atoms with Crippen LogP contribution in [0.2, 0.25) is 0 Å². The summed E-state index contributed by atoms with van der Waals surface area (Å²) in [6.07, 6.45) is 19.5. The first-order chi connectivity index (χ1) is 11.3. The lowest BCUT2D eigenvalue weighted by Gasteiger charge is -2.04. The normalized spacial score (nSPS) is 10.1. The minimum atomic E-state index is 0.219. The van der Waals surface area contributed by atoms with Gasteiger partial charge in [0.2, 0.25) is 5.91 Å². The minimum absolute atomic E-state index is 0.219. The molecule has 0 unspecified atom stereocenters. The summed E-state index contributed by atoms with van der Waals surface area (Å²) in [6, 6.07) is 0. The summed E-state index contributed by atoms with van der Waals surface area (Å²) in [4.78, 5) is 11.3. The third-order valence-corrected chi connectivity index (χ3v) is 4.08. The Morgan fingerprint density at radius 2 is 1.00 bits per heavy atom. The van der Waals surface area contributed by atoms with Gasteiger partial charge in [-0.15, -0.1) is 0 Å². The Hall–Kier alpha value is -0.530. The largest absolute Gasteiger partial charge is 0.356 e. The Kier molecular flexibility index (Phi) is 25.5. The van der Waals surface area contributed by atoms with Crippen LogP contribution in [0.25, 0.3) is 0 Å². The van der Waals surface area contributed by atoms with Gasteiger partial charge in [0.1, 0.15) is 0 Å². The van der Waals surface area contributed by atoms with Crippen LogP contribution >= 0.6 is 0 Å². The molecule has 0 atom stereocenters. The molecule has 0 spiro atoms. The molecule has 1 amide bonds. The zero-order valence-electron chi connectivity index (χ0n) is 16.7. The summed E-state index contributed by atoms with van der Waals surface area (Å²) < 4.78 is 0. The van der Waals surface area contributed by atoms with Gasteiger partial charge in [0.15, 0.2) is 0 Å². The molecular formula is C21H45NO. The number of unbranched alkanes of at least 4 members (excludes halogenated alkanes) is 12. The number of hydrogen-bond acceptors (Lipinski definition) is 1. The standard InChI is InChI=1S/C19H39NO.C2H6/c1-3-5-6-7-8-9-10-11-12-13-14-15-16-18-20-19(21)17-4-2;1-2/h3-18H2,1-2H3,(H,20,21);1-2H3. The summed E-state index contributed by atoms with van der Waals surface area (Å²) in [5.41, 5.74) is 0. The first kappa shape index (κ1) is 24.7. The van der Waals surface area contributed by atoms with Crippen molar-refractivity contribution in [2.45, 2.75) is 124 Å². The van der Waals surface area contributed by atoms with E-state index in [-0.39, 0.29) is 5.91 Å². The van der Waals surface area contributed by atoms with Crippen LogP contribution in [0.15, 0.2) is 0 Å². The molecule has 0 radical (unpaired) electrons. The lowest BCUT2D eigenvalue weighted by Crippen LogP contribution is -2.23. The molecule has 23 heavy (non-hydrogen) atoms. The van der Waals surface area contributed by atoms with E-state index in [1.807, 2.05) is 20.8 Å². The van der Waals surface area contributed by atoms with E-state index in [2.05, 4.69) is 12.2 Å². The van der Waals surface area contributed by atoms with E-state index in [4.69, 9.17) is 0 Å². The van der Waals surface area contributed by atoms with Crippen molar-refractivity contribution in [3.8, 4) is 0 Å². The average Bonchev–Trinajstić information content (AvgIpc) is 2.57. The molecular weight excluding hydrogens is 282 g/mol. The van der Waals surface area contributed by atoms with E-state index >= 15 is 0 Å². The summed E-state index contributed by atoms with van der Waals surface area (Å²) in [7, 11) is 0. The summed E-state index contributed by atoms with van der Waals surface area (Å²) >= 11 is 0. The van der Waals surface area contributed by atoms with Crippen LogP contribution in [0.1, 0.15) is 124 Å². The van der Waals surface area contributed by atoms with Crippen LogP contribution in [0.5, 0.6) is 0 Å². The molecule has 1 N–H and O–H groups in total. The number of hydrogen-bond donors (Lipinski definition) is 1. The Bertz CT molecular complexity index is 216. The highest BCUT2D eigenvalue weighted by atomic mass is 16.1. The Morgan fingerprint density at radius 3 is 1.39 bits per heavy atom. The zero-order chi connectivity index (χ0) is 17.6. The number of amides is 1. The predicted octanol–water partition coefficient (Wildman–Crippen LogP) is 7.02. The van der Waals surface area contributed by atoms with E-state index in [0.717, 1.165) is 19.4 Å². The highest BCUT2D eigenvalue weighted by Gasteiger charge is 1.97. The maximum atomic E-state index is 11.3. The maximum absolute atomic E-state index is 11.3. The van der Waals surface area contributed by atoms with Crippen molar-refractivity contribution in [1.29, 1.82) is 0 Å².